The molecule has 6 heteroatoms. The highest BCUT2D eigenvalue weighted by molar-refractivity contribution is 7.99. The van der Waals surface area contributed by atoms with Gasteiger partial charge in [0.2, 0.25) is 5.91 Å². The molecular formula is C14H15N3O2S. The van der Waals surface area contributed by atoms with Gasteiger partial charge in [-0.15, -0.1) is 0 Å². The first-order chi connectivity index (χ1) is 9.67. The second-order valence-electron chi connectivity index (χ2n) is 4.00. The maximum atomic E-state index is 11.8. The van der Waals surface area contributed by atoms with Crippen LogP contribution in [0, 0.1) is 0 Å². The van der Waals surface area contributed by atoms with Crippen LogP contribution in [0.1, 0.15) is 0 Å². The molecule has 0 atom stereocenters. The molecule has 1 amide bonds. The van der Waals surface area contributed by atoms with Gasteiger partial charge in [-0.3, -0.25) is 4.79 Å². The number of amides is 1. The van der Waals surface area contributed by atoms with Gasteiger partial charge in [-0.25, -0.2) is 4.98 Å². The van der Waals surface area contributed by atoms with Crippen molar-refractivity contribution in [1.29, 1.82) is 0 Å². The Morgan fingerprint density at radius 2 is 2.25 bits per heavy atom. The minimum atomic E-state index is -0.0955. The van der Waals surface area contributed by atoms with E-state index < -0.39 is 0 Å². The molecule has 104 valence electrons. The normalized spacial score (nSPS) is 10.1. The predicted molar refractivity (Wildman–Crippen MR) is 81.0 cm³/mol. The number of anilines is 2. The zero-order valence-corrected chi connectivity index (χ0v) is 11.8. The van der Waals surface area contributed by atoms with E-state index in [4.69, 9.17) is 10.5 Å². The topological polar surface area (TPSA) is 77.2 Å². The number of aromatic nitrogens is 1. The summed E-state index contributed by atoms with van der Waals surface area (Å²) in [6, 6.07) is 10.8. The standard InChI is InChI=1S/C14H15N3O2S/c1-19-12-4-2-3-11(7-12)17-13(18)9-20-14-6-5-10(15)8-16-14/h2-8H,9,15H2,1H3,(H,17,18). The monoisotopic (exact) mass is 289 g/mol. The third-order valence-electron chi connectivity index (χ3n) is 2.46. The summed E-state index contributed by atoms with van der Waals surface area (Å²) in [6.45, 7) is 0. The zero-order chi connectivity index (χ0) is 14.4. The molecule has 1 aromatic heterocycles. The van der Waals surface area contributed by atoms with E-state index in [-0.39, 0.29) is 11.7 Å². The van der Waals surface area contributed by atoms with Crippen LogP contribution >= 0.6 is 11.8 Å². The summed E-state index contributed by atoms with van der Waals surface area (Å²) in [7, 11) is 1.59. The lowest BCUT2D eigenvalue weighted by Gasteiger charge is -2.06. The van der Waals surface area contributed by atoms with Gasteiger partial charge in [-0.1, -0.05) is 17.8 Å². The summed E-state index contributed by atoms with van der Waals surface area (Å²) in [5.41, 5.74) is 6.86. The number of rotatable bonds is 5. The summed E-state index contributed by atoms with van der Waals surface area (Å²) in [6.07, 6.45) is 1.57. The second kappa shape index (κ2) is 6.81. The fourth-order valence-electron chi connectivity index (χ4n) is 1.51. The molecule has 0 aliphatic heterocycles. The Kier molecular flexibility index (Phi) is 4.84. The van der Waals surface area contributed by atoms with Crippen molar-refractivity contribution >= 4 is 29.0 Å². The highest BCUT2D eigenvalue weighted by Crippen LogP contribution is 2.19. The molecule has 0 fully saturated rings. The van der Waals surface area contributed by atoms with Crippen molar-refractivity contribution < 1.29 is 9.53 Å². The number of carbonyl (C=O) groups is 1. The number of nitrogens with zero attached hydrogens (tertiary/aromatic N) is 1. The summed E-state index contributed by atoms with van der Waals surface area (Å²) in [5, 5.41) is 3.57. The van der Waals surface area contributed by atoms with Crippen molar-refractivity contribution in [2.45, 2.75) is 5.03 Å². The van der Waals surface area contributed by atoms with E-state index in [0.717, 1.165) is 5.03 Å². The van der Waals surface area contributed by atoms with Crippen molar-refractivity contribution in [3.63, 3.8) is 0 Å². The van der Waals surface area contributed by atoms with Gasteiger partial charge >= 0.3 is 0 Å². The molecule has 2 aromatic rings. The van der Waals surface area contributed by atoms with Crippen LogP contribution in [0.3, 0.4) is 0 Å². The molecule has 1 heterocycles. The smallest absolute Gasteiger partial charge is 0.234 e. The molecule has 0 unspecified atom stereocenters. The lowest BCUT2D eigenvalue weighted by atomic mass is 10.3. The molecule has 3 N–H and O–H groups in total. The Morgan fingerprint density at radius 1 is 1.40 bits per heavy atom. The van der Waals surface area contributed by atoms with Crippen molar-refractivity contribution in [3.8, 4) is 5.75 Å². The Bertz CT molecular complexity index is 587. The quantitative estimate of drug-likeness (QED) is 0.826. The van der Waals surface area contributed by atoms with Crippen molar-refractivity contribution in [2.24, 2.45) is 0 Å². The second-order valence-corrected chi connectivity index (χ2v) is 4.99. The molecule has 5 nitrogen and oxygen atoms in total. The SMILES string of the molecule is COc1cccc(NC(=O)CSc2ccc(N)cn2)c1. The third kappa shape index (κ3) is 4.17. The number of ether oxygens (including phenoxy) is 1. The van der Waals surface area contributed by atoms with E-state index in [9.17, 15) is 4.79 Å². The molecule has 0 bridgehead atoms. The number of hydrogen-bond acceptors (Lipinski definition) is 5. The Morgan fingerprint density at radius 3 is 2.95 bits per heavy atom. The van der Waals surface area contributed by atoms with Gasteiger partial charge in [0.05, 0.1) is 29.8 Å². The summed E-state index contributed by atoms with van der Waals surface area (Å²) < 4.78 is 5.10. The van der Waals surface area contributed by atoms with E-state index in [0.29, 0.717) is 17.1 Å². The lowest BCUT2D eigenvalue weighted by Crippen LogP contribution is -2.14. The van der Waals surface area contributed by atoms with Gasteiger partial charge in [0.25, 0.3) is 0 Å². The van der Waals surface area contributed by atoms with Crippen LogP contribution in [0.2, 0.25) is 0 Å². The molecule has 0 radical (unpaired) electrons. The Hall–Kier alpha value is -2.21. The van der Waals surface area contributed by atoms with Crippen LogP contribution in [0.15, 0.2) is 47.6 Å². The minimum Gasteiger partial charge on any atom is -0.497 e. The highest BCUT2D eigenvalue weighted by atomic mass is 32.2. The van der Waals surface area contributed by atoms with Gasteiger partial charge in [0.15, 0.2) is 0 Å². The van der Waals surface area contributed by atoms with Crippen LogP contribution in [0.25, 0.3) is 0 Å². The fraction of sp³-hybridized carbons (Fsp3) is 0.143. The maximum Gasteiger partial charge on any atom is 0.234 e. The highest BCUT2D eigenvalue weighted by Gasteiger charge is 2.05. The summed E-state index contributed by atoms with van der Waals surface area (Å²) in [4.78, 5) is 15.9. The Labute approximate surface area is 121 Å². The number of benzene rings is 1. The summed E-state index contributed by atoms with van der Waals surface area (Å²) in [5.74, 6) is 0.895. The van der Waals surface area contributed by atoms with Crippen molar-refractivity contribution in [3.05, 3.63) is 42.6 Å². The van der Waals surface area contributed by atoms with Crippen LogP contribution < -0.4 is 15.8 Å². The van der Waals surface area contributed by atoms with E-state index in [2.05, 4.69) is 10.3 Å². The molecule has 20 heavy (non-hydrogen) atoms. The number of carbonyl (C=O) groups excluding carboxylic acids is 1. The molecular weight excluding hydrogens is 274 g/mol. The number of nitrogens with two attached hydrogens (primary N) is 1. The average Bonchev–Trinajstić information content (AvgIpc) is 2.47. The molecule has 1 aromatic carbocycles. The largest absolute Gasteiger partial charge is 0.497 e. The van der Waals surface area contributed by atoms with Gasteiger partial charge in [0.1, 0.15) is 5.75 Å². The van der Waals surface area contributed by atoms with Gasteiger partial charge in [-0.05, 0) is 24.3 Å². The molecule has 0 aliphatic carbocycles. The van der Waals surface area contributed by atoms with Crippen molar-refractivity contribution in [2.75, 3.05) is 23.9 Å². The van der Waals surface area contributed by atoms with Crippen molar-refractivity contribution in [1.82, 2.24) is 4.98 Å². The molecule has 0 spiro atoms. The van der Waals surface area contributed by atoms with Crippen LogP contribution in [-0.2, 0) is 4.79 Å². The van der Waals surface area contributed by atoms with E-state index >= 15 is 0 Å². The lowest BCUT2D eigenvalue weighted by molar-refractivity contribution is -0.113. The molecule has 0 saturated heterocycles. The first-order valence-electron chi connectivity index (χ1n) is 5.95. The van der Waals surface area contributed by atoms with Gasteiger partial charge in [-0.2, -0.15) is 0 Å². The number of methoxy groups -OCH3 is 1. The number of pyridine rings is 1. The Balaban J connectivity index is 1.87. The number of nitrogen functional groups attached to an aromatic ring is 1. The summed E-state index contributed by atoms with van der Waals surface area (Å²) >= 11 is 1.36. The number of hydrogen-bond donors (Lipinski definition) is 2. The minimum absolute atomic E-state index is 0.0955. The number of nitrogens with one attached hydrogen (secondary N) is 1. The average molecular weight is 289 g/mol. The fourth-order valence-corrected chi connectivity index (χ4v) is 2.16. The third-order valence-corrected chi connectivity index (χ3v) is 3.41. The first-order valence-corrected chi connectivity index (χ1v) is 6.94. The van der Waals surface area contributed by atoms with Gasteiger partial charge in [0, 0.05) is 11.8 Å². The van der Waals surface area contributed by atoms with Crippen LogP contribution in [-0.4, -0.2) is 23.8 Å². The van der Waals surface area contributed by atoms with E-state index in [1.165, 1.54) is 11.8 Å². The van der Waals surface area contributed by atoms with Crippen LogP contribution in [0.4, 0.5) is 11.4 Å². The molecule has 2 rings (SSSR count). The number of thioether (sulfide) groups is 1. The van der Waals surface area contributed by atoms with E-state index in [1.807, 2.05) is 18.2 Å². The first kappa shape index (κ1) is 14.2. The molecule has 0 aliphatic rings. The van der Waals surface area contributed by atoms with E-state index in [1.54, 1.807) is 31.5 Å². The maximum absolute atomic E-state index is 11.8. The zero-order valence-electron chi connectivity index (χ0n) is 11.0. The van der Waals surface area contributed by atoms with Gasteiger partial charge < -0.3 is 15.8 Å². The molecule has 0 saturated carbocycles. The predicted octanol–water partition coefficient (Wildman–Crippen LogP) is 2.40. The van der Waals surface area contributed by atoms with Crippen LogP contribution in [0.5, 0.6) is 5.75 Å².